The first-order chi connectivity index (χ1) is 6.33. The monoisotopic (exact) mass is 175 g/mol. The standard InChI is InChI=1S/C12H17N/c1-3-4-10-13(2)11-12-8-6-5-7-9-12/h4-10H,3,11H2,1-2H3/b10-4+. The summed E-state index contributed by atoms with van der Waals surface area (Å²) in [5.74, 6) is 0. The molecule has 70 valence electrons. The summed E-state index contributed by atoms with van der Waals surface area (Å²) in [6.45, 7) is 3.13. The van der Waals surface area contributed by atoms with E-state index in [-0.39, 0.29) is 0 Å². The normalized spacial score (nSPS) is 10.6. The van der Waals surface area contributed by atoms with Gasteiger partial charge in [0.25, 0.3) is 0 Å². The van der Waals surface area contributed by atoms with Gasteiger partial charge in [0.05, 0.1) is 0 Å². The van der Waals surface area contributed by atoms with Gasteiger partial charge in [-0.2, -0.15) is 0 Å². The Morgan fingerprint density at radius 2 is 1.92 bits per heavy atom. The molecule has 0 atom stereocenters. The second-order valence-corrected chi connectivity index (χ2v) is 3.19. The first-order valence-electron chi connectivity index (χ1n) is 4.73. The van der Waals surface area contributed by atoms with Gasteiger partial charge in [-0.3, -0.25) is 0 Å². The highest BCUT2D eigenvalue weighted by molar-refractivity contribution is 5.14. The lowest BCUT2D eigenvalue weighted by Crippen LogP contribution is -2.09. The van der Waals surface area contributed by atoms with E-state index < -0.39 is 0 Å². The second-order valence-electron chi connectivity index (χ2n) is 3.19. The van der Waals surface area contributed by atoms with Crippen LogP contribution in [0.5, 0.6) is 0 Å². The Kier molecular flexibility index (Phi) is 4.10. The van der Waals surface area contributed by atoms with Crippen molar-refractivity contribution in [2.45, 2.75) is 19.9 Å². The van der Waals surface area contributed by atoms with Crippen LogP contribution in [0.2, 0.25) is 0 Å². The molecule has 0 aliphatic carbocycles. The molecule has 1 rings (SSSR count). The number of rotatable bonds is 4. The predicted octanol–water partition coefficient (Wildman–Crippen LogP) is 3.04. The number of hydrogen-bond acceptors (Lipinski definition) is 1. The molecule has 0 aliphatic heterocycles. The highest BCUT2D eigenvalue weighted by Crippen LogP contribution is 2.02. The molecular weight excluding hydrogens is 158 g/mol. The van der Waals surface area contributed by atoms with E-state index in [1.807, 2.05) is 6.07 Å². The SMILES string of the molecule is CC/C=C/N(C)Cc1ccccc1. The maximum atomic E-state index is 2.19. The van der Waals surface area contributed by atoms with Crippen LogP contribution >= 0.6 is 0 Å². The van der Waals surface area contributed by atoms with E-state index >= 15 is 0 Å². The van der Waals surface area contributed by atoms with Crippen molar-refractivity contribution in [2.75, 3.05) is 7.05 Å². The van der Waals surface area contributed by atoms with Gasteiger partial charge in [0.2, 0.25) is 0 Å². The average Bonchev–Trinajstić information content (AvgIpc) is 2.16. The van der Waals surface area contributed by atoms with Gasteiger partial charge in [-0.15, -0.1) is 0 Å². The van der Waals surface area contributed by atoms with E-state index in [0.29, 0.717) is 0 Å². The first kappa shape index (κ1) is 9.85. The molecule has 0 N–H and O–H groups in total. The molecule has 0 unspecified atom stereocenters. The van der Waals surface area contributed by atoms with E-state index in [4.69, 9.17) is 0 Å². The van der Waals surface area contributed by atoms with Crippen LogP contribution in [0.1, 0.15) is 18.9 Å². The van der Waals surface area contributed by atoms with Gasteiger partial charge in [0.1, 0.15) is 0 Å². The van der Waals surface area contributed by atoms with Gasteiger partial charge in [0, 0.05) is 13.6 Å². The maximum Gasteiger partial charge on any atom is 0.0420 e. The summed E-state index contributed by atoms with van der Waals surface area (Å²) < 4.78 is 0. The van der Waals surface area contributed by atoms with Gasteiger partial charge < -0.3 is 4.90 Å². The van der Waals surface area contributed by atoms with Crippen LogP contribution in [0.3, 0.4) is 0 Å². The fourth-order valence-corrected chi connectivity index (χ4v) is 1.21. The van der Waals surface area contributed by atoms with Crippen molar-refractivity contribution in [3.63, 3.8) is 0 Å². The zero-order chi connectivity index (χ0) is 9.52. The molecule has 0 fully saturated rings. The minimum Gasteiger partial charge on any atom is -0.376 e. The molecular formula is C12H17N. The largest absolute Gasteiger partial charge is 0.376 e. The van der Waals surface area contributed by atoms with Crippen molar-refractivity contribution < 1.29 is 0 Å². The van der Waals surface area contributed by atoms with Gasteiger partial charge in [-0.05, 0) is 18.2 Å². The number of benzene rings is 1. The van der Waals surface area contributed by atoms with Crippen molar-refractivity contribution in [1.82, 2.24) is 4.90 Å². The van der Waals surface area contributed by atoms with Crippen molar-refractivity contribution in [3.05, 3.63) is 48.2 Å². The zero-order valence-corrected chi connectivity index (χ0v) is 8.40. The molecule has 1 aromatic carbocycles. The summed E-state index contributed by atoms with van der Waals surface area (Å²) in [4.78, 5) is 2.19. The Bertz CT molecular complexity index is 251. The van der Waals surface area contributed by atoms with Crippen molar-refractivity contribution >= 4 is 0 Å². The van der Waals surface area contributed by atoms with E-state index in [2.05, 4.69) is 55.4 Å². The third-order valence-corrected chi connectivity index (χ3v) is 1.87. The van der Waals surface area contributed by atoms with Crippen LogP contribution in [-0.4, -0.2) is 11.9 Å². The highest BCUT2D eigenvalue weighted by atomic mass is 15.1. The fourth-order valence-electron chi connectivity index (χ4n) is 1.21. The summed E-state index contributed by atoms with van der Waals surface area (Å²) in [7, 11) is 2.10. The van der Waals surface area contributed by atoms with E-state index in [1.165, 1.54) is 5.56 Å². The van der Waals surface area contributed by atoms with E-state index in [0.717, 1.165) is 13.0 Å². The molecule has 1 aromatic rings. The van der Waals surface area contributed by atoms with Crippen molar-refractivity contribution in [2.24, 2.45) is 0 Å². The maximum absolute atomic E-state index is 2.19. The molecule has 1 nitrogen and oxygen atoms in total. The van der Waals surface area contributed by atoms with Crippen LogP contribution < -0.4 is 0 Å². The van der Waals surface area contributed by atoms with Crippen molar-refractivity contribution in [3.8, 4) is 0 Å². The summed E-state index contributed by atoms with van der Waals surface area (Å²) in [5, 5.41) is 0. The fraction of sp³-hybridized carbons (Fsp3) is 0.333. The minimum atomic E-state index is 0.983. The lowest BCUT2D eigenvalue weighted by molar-refractivity contribution is 0.449. The van der Waals surface area contributed by atoms with Gasteiger partial charge in [-0.1, -0.05) is 43.3 Å². The third-order valence-electron chi connectivity index (χ3n) is 1.87. The second kappa shape index (κ2) is 5.41. The van der Waals surface area contributed by atoms with Crippen LogP contribution in [-0.2, 0) is 6.54 Å². The van der Waals surface area contributed by atoms with Crippen LogP contribution in [0.15, 0.2) is 42.6 Å². The smallest absolute Gasteiger partial charge is 0.0420 e. The molecule has 1 heteroatoms. The Labute approximate surface area is 80.7 Å². The molecule has 0 bridgehead atoms. The molecule has 0 aliphatic rings. The first-order valence-corrected chi connectivity index (χ1v) is 4.73. The number of hydrogen-bond donors (Lipinski definition) is 0. The highest BCUT2D eigenvalue weighted by Gasteiger charge is 1.92. The third kappa shape index (κ3) is 3.79. The Morgan fingerprint density at radius 1 is 1.23 bits per heavy atom. The summed E-state index contributed by atoms with van der Waals surface area (Å²) in [5.41, 5.74) is 1.35. The van der Waals surface area contributed by atoms with Crippen LogP contribution in [0.4, 0.5) is 0 Å². The molecule has 0 heterocycles. The Morgan fingerprint density at radius 3 is 2.54 bits per heavy atom. The van der Waals surface area contributed by atoms with Gasteiger partial charge >= 0.3 is 0 Å². The molecule has 0 radical (unpaired) electrons. The minimum absolute atomic E-state index is 0.983. The average molecular weight is 175 g/mol. The van der Waals surface area contributed by atoms with Crippen molar-refractivity contribution in [1.29, 1.82) is 0 Å². The lowest BCUT2D eigenvalue weighted by Gasteiger charge is -2.13. The van der Waals surface area contributed by atoms with E-state index in [1.54, 1.807) is 0 Å². The van der Waals surface area contributed by atoms with E-state index in [9.17, 15) is 0 Å². The van der Waals surface area contributed by atoms with Crippen LogP contribution in [0, 0.1) is 0 Å². The Hall–Kier alpha value is -1.24. The quantitative estimate of drug-likeness (QED) is 0.680. The molecule has 0 spiro atoms. The molecule has 0 saturated heterocycles. The summed E-state index contributed by atoms with van der Waals surface area (Å²) in [6.07, 6.45) is 5.40. The Balaban J connectivity index is 2.45. The van der Waals surface area contributed by atoms with Gasteiger partial charge in [0.15, 0.2) is 0 Å². The summed E-state index contributed by atoms with van der Waals surface area (Å²) >= 11 is 0. The van der Waals surface area contributed by atoms with Crippen LogP contribution in [0.25, 0.3) is 0 Å². The molecule has 0 saturated carbocycles. The molecule has 0 amide bonds. The summed E-state index contributed by atoms with van der Waals surface area (Å²) in [6, 6.07) is 10.5. The number of allylic oxidation sites excluding steroid dienone is 1. The van der Waals surface area contributed by atoms with Gasteiger partial charge in [-0.25, -0.2) is 0 Å². The number of nitrogens with zero attached hydrogens (tertiary/aromatic N) is 1. The molecule has 0 aromatic heterocycles. The lowest BCUT2D eigenvalue weighted by atomic mass is 10.2. The topological polar surface area (TPSA) is 3.24 Å². The molecule has 13 heavy (non-hydrogen) atoms. The predicted molar refractivity (Wildman–Crippen MR) is 57.3 cm³/mol. The zero-order valence-electron chi connectivity index (χ0n) is 8.40.